The zero-order valence-electron chi connectivity index (χ0n) is 22.5. The zero-order valence-corrected chi connectivity index (χ0v) is 22.5. The van der Waals surface area contributed by atoms with E-state index in [2.05, 4.69) is 0 Å². The minimum absolute atomic E-state index is 0.00171. The van der Waals surface area contributed by atoms with Crippen LogP contribution >= 0.6 is 0 Å². The molecule has 1 N–H and O–H groups in total. The normalized spacial score (nSPS) is 18.2. The zero-order chi connectivity index (χ0) is 27.7. The molecule has 1 amide bonds. The van der Waals surface area contributed by atoms with Gasteiger partial charge in [-0.3, -0.25) is 9.59 Å². The number of benzene rings is 3. The Labute approximate surface area is 228 Å². The molecule has 1 unspecified atom stereocenters. The van der Waals surface area contributed by atoms with Crippen molar-refractivity contribution in [3.8, 4) is 17.2 Å². The van der Waals surface area contributed by atoms with Crippen LogP contribution in [-0.2, 0) is 16.1 Å². The number of anilines is 1. The van der Waals surface area contributed by atoms with E-state index in [0.29, 0.717) is 41.5 Å². The van der Waals surface area contributed by atoms with Crippen LogP contribution in [0.15, 0.2) is 72.3 Å². The van der Waals surface area contributed by atoms with Crippen molar-refractivity contribution in [2.24, 2.45) is 0 Å². The van der Waals surface area contributed by atoms with Gasteiger partial charge < -0.3 is 29.1 Å². The van der Waals surface area contributed by atoms with Gasteiger partial charge in [-0.25, -0.2) is 0 Å². The SMILES string of the molecule is COc1ccccc1CN1C(=O)C(=O)/C(=C(\O)c2ccc3c(c2)N(C)CCO3)C1c1ccc(OC(C)C)cc1. The monoisotopic (exact) mass is 528 g/mol. The molecule has 202 valence electrons. The number of amides is 1. The molecule has 1 fully saturated rings. The van der Waals surface area contributed by atoms with E-state index in [1.807, 2.05) is 74.3 Å². The molecule has 3 aromatic rings. The van der Waals surface area contributed by atoms with Crippen molar-refractivity contribution in [2.45, 2.75) is 32.5 Å². The van der Waals surface area contributed by atoms with Crippen LogP contribution in [0.3, 0.4) is 0 Å². The van der Waals surface area contributed by atoms with E-state index in [1.54, 1.807) is 25.3 Å². The molecule has 0 bridgehead atoms. The van der Waals surface area contributed by atoms with Gasteiger partial charge in [0.2, 0.25) is 0 Å². The van der Waals surface area contributed by atoms with Crippen molar-refractivity contribution in [2.75, 3.05) is 32.2 Å². The first-order valence-corrected chi connectivity index (χ1v) is 12.9. The average molecular weight is 529 g/mol. The second-order valence-electron chi connectivity index (χ2n) is 9.93. The number of Topliss-reactive ketones (excluding diaryl/α,β-unsaturated/α-hetero) is 1. The summed E-state index contributed by atoms with van der Waals surface area (Å²) in [5.74, 6) is 0.328. The lowest BCUT2D eigenvalue weighted by Crippen LogP contribution is -2.29. The third kappa shape index (κ3) is 5.02. The number of hydrogen-bond donors (Lipinski definition) is 1. The number of methoxy groups -OCH3 is 1. The van der Waals surface area contributed by atoms with Crippen LogP contribution in [0.2, 0.25) is 0 Å². The van der Waals surface area contributed by atoms with Gasteiger partial charge >= 0.3 is 0 Å². The number of hydrogen-bond acceptors (Lipinski definition) is 7. The van der Waals surface area contributed by atoms with E-state index in [-0.39, 0.29) is 24.0 Å². The summed E-state index contributed by atoms with van der Waals surface area (Å²) >= 11 is 0. The highest BCUT2D eigenvalue weighted by atomic mass is 16.5. The minimum Gasteiger partial charge on any atom is -0.507 e. The summed E-state index contributed by atoms with van der Waals surface area (Å²) in [5.41, 5.74) is 2.71. The Morgan fingerprint density at radius 2 is 1.82 bits per heavy atom. The largest absolute Gasteiger partial charge is 0.507 e. The molecule has 3 aromatic carbocycles. The third-order valence-corrected chi connectivity index (χ3v) is 6.97. The maximum atomic E-state index is 13.5. The Balaban J connectivity index is 1.62. The van der Waals surface area contributed by atoms with Gasteiger partial charge in [0, 0.05) is 18.2 Å². The number of carbonyl (C=O) groups excluding carboxylic acids is 2. The molecule has 39 heavy (non-hydrogen) atoms. The van der Waals surface area contributed by atoms with Gasteiger partial charge in [0.15, 0.2) is 0 Å². The number of likely N-dealkylation sites (N-methyl/N-ethyl adjacent to an activating group) is 1. The fourth-order valence-electron chi connectivity index (χ4n) is 5.06. The maximum Gasteiger partial charge on any atom is 0.295 e. The van der Waals surface area contributed by atoms with Crippen LogP contribution in [0.4, 0.5) is 5.69 Å². The van der Waals surface area contributed by atoms with Gasteiger partial charge in [0.25, 0.3) is 11.7 Å². The molecule has 0 saturated carbocycles. The van der Waals surface area contributed by atoms with Crippen molar-refractivity contribution in [1.82, 2.24) is 4.90 Å². The number of para-hydroxylation sites is 1. The molecular formula is C31H32N2O6. The summed E-state index contributed by atoms with van der Waals surface area (Å²) in [4.78, 5) is 30.5. The Bertz CT molecular complexity index is 1430. The summed E-state index contributed by atoms with van der Waals surface area (Å²) in [7, 11) is 3.51. The highest BCUT2D eigenvalue weighted by Crippen LogP contribution is 2.42. The molecule has 5 rings (SSSR count). The highest BCUT2D eigenvalue weighted by molar-refractivity contribution is 6.46. The maximum absolute atomic E-state index is 13.5. The molecule has 0 aromatic heterocycles. The molecule has 1 saturated heterocycles. The topological polar surface area (TPSA) is 88.5 Å². The first-order chi connectivity index (χ1) is 18.8. The van der Waals surface area contributed by atoms with Crippen molar-refractivity contribution in [3.63, 3.8) is 0 Å². The van der Waals surface area contributed by atoms with Crippen LogP contribution in [-0.4, -0.2) is 55.1 Å². The van der Waals surface area contributed by atoms with Crippen LogP contribution in [0.25, 0.3) is 5.76 Å². The Morgan fingerprint density at radius 3 is 2.54 bits per heavy atom. The van der Waals surface area contributed by atoms with E-state index < -0.39 is 17.7 Å². The summed E-state index contributed by atoms with van der Waals surface area (Å²) in [6, 6.07) is 19.1. The lowest BCUT2D eigenvalue weighted by atomic mass is 9.94. The molecule has 0 radical (unpaired) electrons. The van der Waals surface area contributed by atoms with Crippen LogP contribution in [0.5, 0.6) is 17.2 Å². The summed E-state index contributed by atoms with van der Waals surface area (Å²) < 4.78 is 17.0. The quantitative estimate of drug-likeness (QED) is 0.264. The highest BCUT2D eigenvalue weighted by Gasteiger charge is 2.46. The van der Waals surface area contributed by atoms with Crippen molar-refractivity contribution in [3.05, 3.63) is 89.0 Å². The van der Waals surface area contributed by atoms with Crippen LogP contribution < -0.4 is 19.1 Å². The van der Waals surface area contributed by atoms with Crippen molar-refractivity contribution in [1.29, 1.82) is 0 Å². The van der Waals surface area contributed by atoms with Crippen LogP contribution in [0, 0.1) is 0 Å². The molecule has 2 aliphatic rings. The van der Waals surface area contributed by atoms with Gasteiger partial charge in [0.1, 0.15) is 29.6 Å². The number of ether oxygens (including phenoxy) is 3. The molecule has 2 aliphatic heterocycles. The molecule has 1 atom stereocenters. The fourth-order valence-corrected chi connectivity index (χ4v) is 5.06. The molecule has 2 heterocycles. The van der Waals surface area contributed by atoms with E-state index in [0.717, 1.165) is 11.3 Å². The van der Waals surface area contributed by atoms with Crippen molar-refractivity contribution >= 4 is 23.1 Å². The number of ketones is 1. The molecule has 0 aliphatic carbocycles. The number of likely N-dealkylation sites (tertiary alicyclic amines) is 1. The van der Waals surface area contributed by atoms with Gasteiger partial charge in [-0.2, -0.15) is 0 Å². The fraction of sp³-hybridized carbons (Fsp3) is 0.290. The summed E-state index contributed by atoms with van der Waals surface area (Å²) in [6.45, 7) is 5.28. The van der Waals surface area contributed by atoms with Gasteiger partial charge in [-0.1, -0.05) is 30.3 Å². The number of fused-ring (bicyclic) bond motifs is 1. The Kier molecular flexibility index (Phi) is 7.19. The number of rotatable bonds is 7. The lowest BCUT2D eigenvalue weighted by Gasteiger charge is -2.28. The van der Waals surface area contributed by atoms with E-state index in [4.69, 9.17) is 14.2 Å². The first kappa shape index (κ1) is 26.2. The number of nitrogens with zero attached hydrogens (tertiary/aromatic N) is 2. The van der Waals surface area contributed by atoms with E-state index in [1.165, 1.54) is 4.90 Å². The van der Waals surface area contributed by atoms with Gasteiger partial charge in [-0.05, 0) is 55.8 Å². The first-order valence-electron chi connectivity index (χ1n) is 12.9. The van der Waals surface area contributed by atoms with E-state index >= 15 is 0 Å². The molecule has 8 heteroatoms. The number of carbonyl (C=O) groups is 2. The minimum atomic E-state index is -0.812. The third-order valence-electron chi connectivity index (χ3n) is 6.97. The smallest absolute Gasteiger partial charge is 0.295 e. The van der Waals surface area contributed by atoms with E-state index in [9.17, 15) is 14.7 Å². The predicted molar refractivity (Wildman–Crippen MR) is 148 cm³/mol. The summed E-state index contributed by atoms with van der Waals surface area (Å²) in [5, 5.41) is 11.6. The molecule has 8 nitrogen and oxygen atoms in total. The number of aliphatic hydroxyl groups excluding tert-OH is 1. The second kappa shape index (κ2) is 10.7. The molecular weight excluding hydrogens is 496 g/mol. The second-order valence-corrected chi connectivity index (χ2v) is 9.93. The average Bonchev–Trinajstić information content (AvgIpc) is 3.18. The number of aliphatic hydroxyl groups is 1. The van der Waals surface area contributed by atoms with Gasteiger partial charge in [-0.15, -0.1) is 0 Å². The Morgan fingerprint density at radius 1 is 1.08 bits per heavy atom. The standard InChI is InChI=1S/C31H32N2O6/c1-19(2)39-23-12-9-20(10-13-23)28-27(29(34)21-11-14-26-24(17-21)32(3)15-16-38-26)30(35)31(36)33(28)18-22-7-5-6-8-25(22)37-4/h5-14,17,19,28,34H,15-16,18H2,1-4H3/b29-27-. The van der Waals surface area contributed by atoms with Crippen molar-refractivity contribution < 1.29 is 28.9 Å². The molecule has 0 spiro atoms. The lowest BCUT2D eigenvalue weighted by molar-refractivity contribution is -0.140. The summed E-state index contributed by atoms with van der Waals surface area (Å²) in [6.07, 6.45) is -0.00171. The predicted octanol–water partition coefficient (Wildman–Crippen LogP) is 4.93. The van der Waals surface area contributed by atoms with Gasteiger partial charge in [0.05, 0.1) is 43.6 Å². The Hall–Kier alpha value is -4.46. The van der Waals surface area contributed by atoms with Crippen LogP contribution in [0.1, 0.15) is 36.6 Å².